The fourth-order valence-electron chi connectivity index (χ4n) is 4.15. The van der Waals surface area contributed by atoms with Gasteiger partial charge in [0.05, 0.1) is 18.4 Å². The van der Waals surface area contributed by atoms with Gasteiger partial charge in [0.2, 0.25) is 0 Å². The third kappa shape index (κ3) is 16.4. The normalized spacial score (nSPS) is 15.6. The predicted molar refractivity (Wildman–Crippen MR) is 137 cm³/mol. The Morgan fingerprint density at radius 3 is 1.61 bits per heavy atom. The summed E-state index contributed by atoms with van der Waals surface area (Å²) in [5.74, 6) is 0. The van der Waals surface area contributed by atoms with E-state index in [2.05, 4.69) is 20.8 Å². The fraction of sp³-hybridized carbons (Fsp3) is 1.00. The summed E-state index contributed by atoms with van der Waals surface area (Å²) in [6, 6.07) is 0. The molecule has 0 aromatic carbocycles. The van der Waals surface area contributed by atoms with Crippen LogP contribution in [-0.4, -0.2) is 24.9 Å². The predicted octanol–water partition coefficient (Wildman–Crippen LogP) is 9.01. The molecule has 0 amide bonds. The molecule has 188 valence electrons. The highest BCUT2D eigenvalue weighted by Crippen LogP contribution is 2.57. The first kappa shape index (κ1) is 31.1. The molecule has 0 aliphatic carbocycles. The van der Waals surface area contributed by atoms with Gasteiger partial charge in [-0.2, -0.15) is 0 Å². The van der Waals surface area contributed by atoms with Crippen molar-refractivity contribution < 1.29 is 13.6 Å². The summed E-state index contributed by atoms with van der Waals surface area (Å²) in [6.45, 7) is 9.52. The van der Waals surface area contributed by atoms with Gasteiger partial charge in [-0.1, -0.05) is 111 Å². The Morgan fingerprint density at radius 1 is 0.677 bits per heavy atom. The van der Waals surface area contributed by atoms with Crippen LogP contribution in [0.1, 0.15) is 143 Å². The summed E-state index contributed by atoms with van der Waals surface area (Å²) in [5.41, 5.74) is 5.67. The second-order valence-corrected chi connectivity index (χ2v) is 11.5. The molecule has 0 rings (SSSR count). The first-order valence-corrected chi connectivity index (χ1v) is 15.3. The summed E-state index contributed by atoms with van der Waals surface area (Å²) in [4.78, 5) is 0. The molecule has 0 aliphatic rings. The lowest BCUT2D eigenvalue weighted by Gasteiger charge is -2.29. The highest BCUT2D eigenvalue weighted by atomic mass is 31.2. The molecular formula is C26H56NO3P. The molecule has 0 spiro atoms. The van der Waals surface area contributed by atoms with Crippen LogP contribution in [0.3, 0.4) is 0 Å². The Kier molecular flexibility index (Phi) is 22.0. The van der Waals surface area contributed by atoms with E-state index in [0.29, 0.717) is 19.6 Å². The molecule has 4 nitrogen and oxygen atoms in total. The monoisotopic (exact) mass is 461 g/mol. The Bertz CT molecular complexity index is 419. The van der Waals surface area contributed by atoms with E-state index in [-0.39, 0.29) is 11.8 Å². The van der Waals surface area contributed by atoms with Crippen molar-refractivity contribution in [2.24, 2.45) is 5.73 Å². The molecule has 3 atom stereocenters. The van der Waals surface area contributed by atoms with Crippen molar-refractivity contribution in [2.45, 2.75) is 155 Å². The summed E-state index contributed by atoms with van der Waals surface area (Å²) < 4.78 is 25.5. The minimum atomic E-state index is -3.10. The first-order chi connectivity index (χ1) is 15.1. The molecule has 2 N–H and O–H groups in total. The zero-order valence-electron chi connectivity index (χ0n) is 21.5. The lowest BCUT2D eigenvalue weighted by molar-refractivity contribution is 0.128. The first-order valence-electron chi connectivity index (χ1n) is 13.7. The Hall–Kier alpha value is 0.110. The largest absolute Gasteiger partial charge is 0.334 e. The standard InChI is InChI=1S/C26H56NO3P/c1-5-9-10-11-12-13-14-15-16-17-18-19-20-21-25(7-3)30-31(28,29-24-6-2)26(8-4)22-23-27/h25-26H,5-24,27H2,1-4H3. The quantitative estimate of drug-likeness (QED) is 0.115. The average Bonchev–Trinajstić information content (AvgIpc) is 2.78. The second kappa shape index (κ2) is 21.9. The van der Waals surface area contributed by atoms with Crippen molar-refractivity contribution in [1.82, 2.24) is 0 Å². The molecule has 0 saturated carbocycles. The highest BCUT2D eigenvalue weighted by Gasteiger charge is 2.36. The SMILES string of the molecule is CCCCCCCCCCCCCCCC(CC)OP(=O)(OCCC)C(CC)CCN. The lowest BCUT2D eigenvalue weighted by atomic mass is 10.0. The van der Waals surface area contributed by atoms with Crippen molar-refractivity contribution in [3.8, 4) is 0 Å². The molecule has 0 radical (unpaired) electrons. The van der Waals surface area contributed by atoms with Crippen LogP contribution in [0, 0.1) is 0 Å². The molecule has 31 heavy (non-hydrogen) atoms. The minimum Gasteiger partial charge on any atom is -0.330 e. The zero-order chi connectivity index (χ0) is 23.2. The maximum Gasteiger partial charge on any atom is 0.334 e. The summed E-state index contributed by atoms with van der Waals surface area (Å²) in [6.07, 6.45) is 21.9. The van der Waals surface area contributed by atoms with Gasteiger partial charge >= 0.3 is 7.60 Å². The Balaban J connectivity index is 4.03. The van der Waals surface area contributed by atoms with Gasteiger partial charge in [-0.25, -0.2) is 0 Å². The molecule has 0 bridgehead atoms. The van der Waals surface area contributed by atoms with Crippen molar-refractivity contribution in [3.63, 3.8) is 0 Å². The molecule has 0 aromatic heterocycles. The van der Waals surface area contributed by atoms with Crippen molar-refractivity contribution in [1.29, 1.82) is 0 Å². The number of hydrogen-bond donors (Lipinski definition) is 1. The number of hydrogen-bond acceptors (Lipinski definition) is 4. The molecule has 5 heteroatoms. The molecule has 0 aromatic rings. The van der Waals surface area contributed by atoms with Crippen LogP contribution in [-0.2, 0) is 13.6 Å². The van der Waals surface area contributed by atoms with E-state index in [1.54, 1.807) is 0 Å². The third-order valence-corrected chi connectivity index (χ3v) is 8.93. The van der Waals surface area contributed by atoms with Crippen LogP contribution in [0.2, 0.25) is 0 Å². The third-order valence-electron chi connectivity index (χ3n) is 6.27. The van der Waals surface area contributed by atoms with Crippen LogP contribution < -0.4 is 5.73 Å². The Morgan fingerprint density at radius 2 is 1.19 bits per heavy atom. The smallest absolute Gasteiger partial charge is 0.330 e. The van der Waals surface area contributed by atoms with E-state index in [1.807, 2.05) is 6.92 Å². The van der Waals surface area contributed by atoms with Gasteiger partial charge in [0.25, 0.3) is 0 Å². The minimum absolute atomic E-state index is 0.0298. The van der Waals surface area contributed by atoms with Crippen molar-refractivity contribution in [3.05, 3.63) is 0 Å². The van der Waals surface area contributed by atoms with Gasteiger partial charge in [0, 0.05) is 0 Å². The van der Waals surface area contributed by atoms with Gasteiger partial charge in [-0.05, 0) is 38.6 Å². The van der Waals surface area contributed by atoms with Crippen LogP contribution >= 0.6 is 7.60 Å². The van der Waals surface area contributed by atoms with Gasteiger partial charge in [-0.15, -0.1) is 0 Å². The highest BCUT2D eigenvalue weighted by molar-refractivity contribution is 7.54. The average molecular weight is 462 g/mol. The number of unbranched alkanes of at least 4 members (excludes halogenated alkanes) is 12. The zero-order valence-corrected chi connectivity index (χ0v) is 22.4. The molecule has 0 fully saturated rings. The van der Waals surface area contributed by atoms with Crippen LogP contribution in [0.15, 0.2) is 0 Å². The lowest BCUT2D eigenvalue weighted by Crippen LogP contribution is -2.21. The van der Waals surface area contributed by atoms with Gasteiger partial charge in [0.15, 0.2) is 0 Å². The van der Waals surface area contributed by atoms with E-state index in [0.717, 1.165) is 32.1 Å². The van der Waals surface area contributed by atoms with Crippen molar-refractivity contribution >= 4 is 7.60 Å². The fourth-order valence-corrected chi connectivity index (χ4v) is 6.61. The molecule has 0 heterocycles. The molecule has 3 unspecified atom stereocenters. The van der Waals surface area contributed by atoms with E-state index in [4.69, 9.17) is 14.8 Å². The topological polar surface area (TPSA) is 61.5 Å². The van der Waals surface area contributed by atoms with Crippen molar-refractivity contribution in [2.75, 3.05) is 13.2 Å². The van der Waals surface area contributed by atoms with E-state index < -0.39 is 7.60 Å². The van der Waals surface area contributed by atoms with Gasteiger partial charge < -0.3 is 14.8 Å². The van der Waals surface area contributed by atoms with Crippen LogP contribution in [0.5, 0.6) is 0 Å². The maximum atomic E-state index is 13.5. The Labute approximate surface area is 195 Å². The van der Waals surface area contributed by atoms with Crippen LogP contribution in [0.25, 0.3) is 0 Å². The van der Waals surface area contributed by atoms with E-state index in [9.17, 15) is 4.57 Å². The number of nitrogens with two attached hydrogens (primary N) is 1. The molecular weight excluding hydrogens is 405 g/mol. The van der Waals surface area contributed by atoms with Gasteiger partial charge in [0.1, 0.15) is 0 Å². The summed E-state index contributed by atoms with van der Waals surface area (Å²) in [5, 5.41) is 0. The number of rotatable bonds is 24. The van der Waals surface area contributed by atoms with E-state index >= 15 is 0 Å². The van der Waals surface area contributed by atoms with Crippen LogP contribution in [0.4, 0.5) is 0 Å². The maximum absolute atomic E-state index is 13.5. The van der Waals surface area contributed by atoms with E-state index in [1.165, 1.54) is 77.0 Å². The summed E-state index contributed by atoms with van der Waals surface area (Å²) in [7, 11) is -3.10. The molecule has 0 aliphatic heterocycles. The van der Waals surface area contributed by atoms with Gasteiger partial charge in [-0.3, -0.25) is 4.57 Å². The second-order valence-electron chi connectivity index (χ2n) is 9.18. The summed E-state index contributed by atoms with van der Waals surface area (Å²) >= 11 is 0. The molecule has 0 saturated heterocycles.